The van der Waals surface area contributed by atoms with E-state index in [9.17, 15) is 0 Å². The highest BCUT2D eigenvalue weighted by atomic mass is 35.5. The zero-order valence-corrected chi connectivity index (χ0v) is 19.2. The highest BCUT2D eigenvalue weighted by Crippen LogP contribution is 2.34. The number of anilines is 3. The van der Waals surface area contributed by atoms with Crippen LogP contribution in [0.3, 0.4) is 0 Å². The van der Waals surface area contributed by atoms with Crippen molar-refractivity contribution >= 4 is 51.7 Å². The van der Waals surface area contributed by atoms with Crippen molar-refractivity contribution in [3.63, 3.8) is 0 Å². The Morgan fingerprint density at radius 2 is 1.82 bits per heavy atom. The van der Waals surface area contributed by atoms with E-state index in [0.717, 1.165) is 31.9 Å². The van der Waals surface area contributed by atoms with Crippen molar-refractivity contribution in [2.75, 3.05) is 49.5 Å². The van der Waals surface area contributed by atoms with Gasteiger partial charge in [0.2, 0.25) is 0 Å². The van der Waals surface area contributed by atoms with Crippen LogP contribution in [0.5, 0.6) is 0 Å². The number of halogens is 2. The van der Waals surface area contributed by atoms with E-state index >= 15 is 0 Å². The van der Waals surface area contributed by atoms with Gasteiger partial charge in [-0.25, -0.2) is 19.9 Å². The molecule has 0 radical (unpaired) electrons. The summed E-state index contributed by atoms with van der Waals surface area (Å²) in [7, 11) is 0. The first kappa shape index (κ1) is 21.8. The van der Waals surface area contributed by atoms with Crippen LogP contribution in [0.4, 0.5) is 17.3 Å². The summed E-state index contributed by atoms with van der Waals surface area (Å²) in [4.78, 5) is 25.5. The van der Waals surface area contributed by atoms with Crippen LogP contribution in [0.15, 0.2) is 42.9 Å². The summed E-state index contributed by atoms with van der Waals surface area (Å²) in [6.07, 6.45) is 3.23. The van der Waals surface area contributed by atoms with Gasteiger partial charge < -0.3 is 20.3 Å². The van der Waals surface area contributed by atoms with Gasteiger partial charge in [0.25, 0.3) is 0 Å². The van der Waals surface area contributed by atoms with Crippen molar-refractivity contribution < 1.29 is 5.11 Å². The standard InChI is InChI=1S/C22H22Cl2N8O/c23-15-2-1-3-16(24)18(15)20-29-19-21(26-13-27-22(19)30-20)28-17-12-14(4-5-25-17)32-8-6-31(7-9-32)10-11-33/h1-5,12-13,33H,6-11H2,(H2,25,26,27,28,29,30). The first-order valence-corrected chi connectivity index (χ1v) is 11.3. The average Bonchev–Trinajstić information content (AvgIpc) is 3.25. The number of aromatic amines is 1. The van der Waals surface area contributed by atoms with E-state index in [-0.39, 0.29) is 6.61 Å². The fraction of sp³-hybridized carbons (Fsp3) is 0.273. The molecule has 11 heteroatoms. The van der Waals surface area contributed by atoms with Gasteiger partial charge in [0.15, 0.2) is 11.5 Å². The highest BCUT2D eigenvalue weighted by molar-refractivity contribution is 6.39. The van der Waals surface area contributed by atoms with E-state index in [0.29, 0.717) is 50.8 Å². The number of fused-ring (bicyclic) bond motifs is 1. The topological polar surface area (TPSA) is 106 Å². The highest BCUT2D eigenvalue weighted by Gasteiger charge is 2.18. The number of β-amino-alcohol motifs (C(OH)–C–C–N with tert-alkyl or cyclic N) is 1. The second-order valence-electron chi connectivity index (χ2n) is 7.68. The van der Waals surface area contributed by atoms with E-state index in [1.807, 2.05) is 12.1 Å². The summed E-state index contributed by atoms with van der Waals surface area (Å²) in [6, 6.07) is 9.31. The summed E-state index contributed by atoms with van der Waals surface area (Å²) in [5.41, 5.74) is 2.82. The number of pyridine rings is 1. The quantitative estimate of drug-likeness (QED) is 0.381. The minimum atomic E-state index is 0.189. The molecule has 0 atom stereocenters. The molecule has 1 aliphatic rings. The molecule has 5 rings (SSSR count). The molecule has 0 amide bonds. The van der Waals surface area contributed by atoms with Crippen LogP contribution in [0.2, 0.25) is 10.0 Å². The number of hydrogen-bond donors (Lipinski definition) is 3. The first-order valence-electron chi connectivity index (χ1n) is 10.6. The Labute approximate surface area is 200 Å². The van der Waals surface area contributed by atoms with Crippen molar-refractivity contribution in [1.29, 1.82) is 0 Å². The maximum atomic E-state index is 9.14. The minimum absolute atomic E-state index is 0.189. The molecule has 0 aliphatic carbocycles. The number of rotatable bonds is 6. The van der Waals surface area contributed by atoms with Gasteiger partial charge in [-0.1, -0.05) is 29.3 Å². The molecule has 0 saturated carbocycles. The van der Waals surface area contributed by atoms with Crippen LogP contribution in [0.1, 0.15) is 0 Å². The lowest BCUT2D eigenvalue weighted by atomic mass is 10.2. The summed E-state index contributed by atoms with van der Waals surface area (Å²) < 4.78 is 0. The largest absolute Gasteiger partial charge is 0.395 e. The minimum Gasteiger partial charge on any atom is -0.395 e. The summed E-state index contributed by atoms with van der Waals surface area (Å²) in [5, 5.41) is 13.4. The van der Waals surface area contributed by atoms with Crippen LogP contribution >= 0.6 is 23.2 Å². The third-order valence-electron chi connectivity index (χ3n) is 5.63. The molecule has 0 bridgehead atoms. The average molecular weight is 485 g/mol. The number of hydrogen-bond acceptors (Lipinski definition) is 8. The molecule has 4 heterocycles. The molecular weight excluding hydrogens is 463 g/mol. The molecule has 1 saturated heterocycles. The lowest BCUT2D eigenvalue weighted by Crippen LogP contribution is -2.47. The van der Waals surface area contributed by atoms with Crippen molar-refractivity contribution in [2.45, 2.75) is 0 Å². The summed E-state index contributed by atoms with van der Waals surface area (Å²) >= 11 is 12.7. The van der Waals surface area contributed by atoms with Crippen molar-refractivity contribution in [2.24, 2.45) is 0 Å². The Morgan fingerprint density at radius 1 is 1.03 bits per heavy atom. The number of H-pyrrole nitrogens is 1. The monoisotopic (exact) mass is 484 g/mol. The zero-order chi connectivity index (χ0) is 22.8. The van der Waals surface area contributed by atoms with Gasteiger partial charge in [0.05, 0.1) is 22.2 Å². The summed E-state index contributed by atoms with van der Waals surface area (Å²) in [6.45, 7) is 4.52. The molecule has 33 heavy (non-hydrogen) atoms. The third-order valence-corrected chi connectivity index (χ3v) is 6.26. The van der Waals surface area contributed by atoms with Gasteiger partial charge in [0, 0.05) is 50.7 Å². The Hall–Kier alpha value is -2.98. The Morgan fingerprint density at radius 3 is 2.58 bits per heavy atom. The van der Waals surface area contributed by atoms with Gasteiger partial charge in [-0.05, 0) is 18.2 Å². The van der Waals surface area contributed by atoms with E-state index in [1.54, 1.807) is 24.4 Å². The smallest absolute Gasteiger partial charge is 0.183 e. The normalized spacial score (nSPS) is 14.7. The lowest BCUT2D eigenvalue weighted by Gasteiger charge is -2.35. The number of aliphatic hydroxyl groups excluding tert-OH is 1. The van der Waals surface area contributed by atoms with Crippen molar-refractivity contribution in [3.8, 4) is 11.4 Å². The Kier molecular flexibility index (Phi) is 6.28. The second-order valence-corrected chi connectivity index (χ2v) is 8.49. The van der Waals surface area contributed by atoms with E-state index in [1.165, 1.54) is 6.33 Å². The molecular formula is C22H22Cl2N8O. The van der Waals surface area contributed by atoms with Crippen LogP contribution in [0.25, 0.3) is 22.6 Å². The van der Waals surface area contributed by atoms with Crippen molar-refractivity contribution in [3.05, 3.63) is 52.9 Å². The predicted octanol–water partition coefficient (Wildman–Crippen LogP) is 3.58. The number of aliphatic hydroxyl groups is 1. The van der Waals surface area contributed by atoms with Crippen LogP contribution in [0, 0.1) is 0 Å². The Balaban J connectivity index is 1.40. The second kappa shape index (κ2) is 9.48. The molecule has 4 aromatic rings. The third kappa shape index (κ3) is 4.58. The van der Waals surface area contributed by atoms with Crippen LogP contribution in [-0.4, -0.2) is 74.3 Å². The molecule has 0 spiro atoms. The molecule has 1 fully saturated rings. The summed E-state index contributed by atoms with van der Waals surface area (Å²) in [5.74, 6) is 1.74. The predicted molar refractivity (Wildman–Crippen MR) is 130 cm³/mol. The van der Waals surface area contributed by atoms with E-state index < -0.39 is 0 Å². The SMILES string of the molecule is OCCN1CCN(c2ccnc(Nc3ncnc4nc(-c5c(Cl)cccc5Cl)[nH]c34)c2)CC1. The fourth-order valence-corrected chi connectivity index (χ4v) is 4.52. The molecule has 3 N–H and O–H groups in total. The lowest BCUT2D eigenvalue weighted by molar-refractivity contribution is 0.189. The molecule has 1 aromatic carbocycles. The molecule has 9 nitrogen and oxygen atoms in total. The van der Waals surface area contributed by atoms with Crippen LogP contribution < -0.4 is 10.2 Å². The number of piperazine rings is 1. The number of aromatic nitrogens is 5. The maximum Gasteiger partial charge on any atom is 0.183 e. The van der Waals surface area contributed by atoms with Gasteiger partial charge >= 0.3 is 0 Å². The van der Waals surface area contributed by atoms with Gasteiger partial charge in [-0.2, -0.15) is 0 Å². The van der Waals surface area contributed by atoms with Gasteiger partial charge in [-0.3, -0.25) is 4.90 Å². The maximum absolute atomic E-state index is 9.14. The first-order chi connectivity index (χ1) is 16.1. The number of nitrogens with one attached hydrogen (secondary N) is 2. The van der Waals surface area contributed by atoms with Crippen LogP contribution in [-0.2, 0) is 0 Å². The number of nitrogens with zero attached hydrogens (tertiary/aromatic N) is 6. The van der Waals surface area contributed by atoms with E-state index in [4.69, 9.17) is 28.3 Å². The molecule has 0 unspecified atom stereocenters. The zero-order valence-electron chi connectivity index (χ0n) is 17.7. The fourth-order valence-electron chi connectivity index (χ4n) is 3.94. The Bertz CT molecular complexity index is 1250. The molecule has 3 aromatic heterocycles. The van der Waals surface area contributed by atoms with Gasteiger partial charge in [-0.15, -0.1) is 0 Å². The number of benzene rings is 1. The molecule has 1 aliphatic heterocycles. The number of imidazole rings is 1. The van der Waals surface area contributed by atoms with E-state index in [2.05, 4.69) is 40.0 Å². The molecule has 170 valence electrons. The van der Waals surface area contributed by atoms with Gasteiger partial charge in [0.1, 0.15) is 23.5 Å². The van der Waals surface area contributed by atoms with Crippen molar-refractivity contribution in [1.82, 2.24) is 29.8 Å².